The Morgan fingerprint density at radius 3 is 2.53 bits per heavy atom. The number of pyridine rings is 1. The van der Waals surface area contributed by atoms with E-state index in [-0.39, 0.29) is 5.78 Å². The Balaban J connectivity index is 2.14. The summed E-state index contributed by atoms with van der Waals surface area (Å²) < 4.78 is 0. The molecular formula is C17H11NO. The number of rotatable bonds is 0. The lowest BCUT2D eigenvalue weighted by atomic mass is 10.0. The van der Waals surface area contributed by atoms with E-state index in [4.69, 9.17) is 0 Å². The van der Waals surface area contributed by atoms with Crippen LogP contribution in [0.25, 0.3) is 22.0 Å². The lowest BCUT2D eigenvalue weighted by Crippen LogP contribution is -1.99. The molecule has 2 heteroatoms. The van der Waals surface area contributed by atoms with Crippen molar-refractivity contribution in [3.05, 3.63) is 65.4 Å². The third kappa shape index (κ3) is 1.31. The van der Waals surface area contributed by atoms with Crippen molar-refractivity contribution in [1.29, 1.82) is 0 Å². The van der Waals surface area contributed by atoms with Gasteiger partial charge in [0.25, 0.3) is 0 Å². The second kappa shape index (κ2) is 3.51. The third-order valence-electron chi connectivity index (χ3n) is 3.72. The summed E-state index contributed by atoms with van der Waals surface area (Å²) in [7, 11) is 0. The first kappa shape index (κ1) is 10.4. The van der Waals surface area contributed by atoms with Crippen LogP contribution in [0.3, 0.4) is 0 Å². The Morgan fingerprint density at radius 2 is 1.68 bits per heavy atom. The van der Waals surface area contributed by atoms with E-state index in [1.54, 1.807) is 0 Å². The van der Waals surface area contributed by atoms with Crippen LogP contribution in [0.4, 0.5) is 0 Å². The molecule has 1 aliphatic rings. The first-order chi connectivity index (χ1) is 9.25. The van der Waals surface area contributed by atoms with Crippen LogP contribution in [-0.2, 0) is 0 Å². The van der Waals surface area contributed by atoms with Crippen molar-refractivity contribution in [3.63, 3.8) is 0 Å². The zero-order valence-corrected chi connectivity index (χ0v) is 10.5. The van der Waals surface area contributed by atoms with Crippen molar-refractivity contribution in [1.82, 2.24) is 4.98 Å². The minimum absolute atomic E-state index is 0.0377. The van der Waals surface area contributed by atoms with Crippen LogP contribution in [0.5, 0.6) is 0 Å². The van der Waals surface area contributed by atoms with Gasteiger partial charge in [0.1, 0.15) is 5.69 Å². The number of aryl methyl sites for hydroxylation is 1. The van der Waals surface area contributed by atoms with E-state index in [1.807, 2.05) is 49.4 Å². The average Bonchev–Trinajstić information content (AvgIpc) is 2.72. The summed E-state index contributed by atoms with van der Waals surface area (Å²) in [6, 6.07) is 15.9. The molecule has 0 radical (unpaired) electrons. The highest BCUT2D eigenvalue weighted by Crippen LogP contribution is 2.37. The molecule has 1 heterocycles. The van der Waals surface area contributed by atoms with Crippen LogP contribution < -0.4 is 0 Å². The second-order valence-electron chi connectivity index (χ2n) is 4.91. The average molecular weight is 245 g/mol. The van der Waals surface area contributed by atoms with Crippen molar-refractivity contribution >= 4 is 16.7 Å². The van der Waals surface area contributed by atoms with Crippen LogP contribution in [0.1, 0.15) is 21.6 Å². The molecule has 19 heavy (non-hydrogen) atoms. The van der Waals surface area contributed by atoms with E-state index in [9.17, 15) is 4.79 Å². The molecule has 0 unspecified atom stereocenters. The molecule has 0 amide bonds. The van der Waals surface area contributed by atoms with Gasteiger partial charge in [-0.25, -0.2) is 4.98 Å². The standard InChI is InChI=1S/C17H11NO/c1-10-5-4-6-11-9-14-12-7-2-3-8-13(12)17(19)16(14)18-15(10)11/h2-9H,1H3. The van der Waals surface area contributed by atoms with Crippen molar-refractivity contribution in [2.75, 3.05) is 0 Å². The Morgan fingerprint density at radius 1 is 0.895 bits per heavy atom. The van der Waals surface area contributed by atoms with Crippen molar-refractivity contribution in [3.8, 4) is 11.1 Å². The van der Waals surface area contributed by atoms with Crippen molar-refractivity contribution < 1.29 is 4.79 Å². The van der Waals surface area contributed by atoms with E-state index in [1.165, 1.54) is 0 Å². The molecule has 0 saturated carbocycles. The fourth-order valence-corrected chi connectivity index (χ4v) is 2.77. The maximum absolute atomic E-state index is 12.4. The van der Waals surface area contributed by atoms with E-state index in [0.717, 1.165) is 33.2 Å². The third-order valence-corrected chi connectivity index (χ3v) is 3.72. The number of carbonyl (C=O) groups excluding carboxylic acids is 1. The fourth-order valence-electron chi connectivity index (χ4n) is 2.77. The van der Waals surface area contributed by atoms with Crippen molar-refractivity contribution in [2.24, 2.45) is 0 Å². The van der Waals surface area contributed by atoms with Gasteiger partial charge in [-0.2, -0.15) is 0 Å². The molecular weight excluding hydrogens is 234 g/mol. The molecule has 1 aromatic heterocycles. The van der Waals surface area contributed by atoms with Gasteiger partial charge in [0.2, 0.25) is 5.78 Å². The number of hydrogen-bond donors (Lipinski definition) is 0. The SMILES string of the molecule is Cc1cccc2cc3c(nc12)C(=O)c1ccccc1-3. The number of hydrogen-bond acceptors (Lipinski definition) is 2. The molecule has 0 fully saturated rings. The molecule has 1 aliphatic carbocycles. The first-order valence-electron chi connectivity index (χ1n) is 6.30. The number of aromatic nitrogens is 1. The van der Waals surface area contributed by atoms with Gasteiger partial charge in [-0.05, 0) is 24.1 Å². The fraction of sp³-hybridized carbons (Fsp3) is 0.0588. The van der Waals surface area contributed by atoms with Crippen molar-refractivity contribution in [2.45, 2.75) is 6.92 Å². The predicted octanol–water partition coefficient (Wildman–Crippen LogP) is 3.75. The summed E-state index contributed by atoms with van der Waals surface area (Å²) in [4.78, 5) is 17.0. The van der Waals surface area contributed by atoms with Gasteiger partial charge in [-0.1, -0.05) is 42.5 Å². The molecule has 0 atom stereocenters. The maximum atomic E-state index is 12.4. The van der Waals surface area contributed by atoms with Gasteiger partial charge in [-0.15, -0.1) is 0 Å². The number of benzene rings is 2. The van der Waals surface area contributed by atoms with Crippen LogP contribution in [-0.4, -0.2) is 10.8 Å². The van der Waals surface area contributed by atoms with E-state index in [2.05, 4.69) is 11.1 Å². The number of fused-ring (bicyclic) bond motifs is 4. The summed E-state index contributed by atoms with van der Waals surface area (Å²) in [5.41, 5.74) is 5.32. The van der Waals surface area contributed by atoms with Gasteiger partial charge in [0.05, 0.1) is 5.52 Å². The van der Waals surface area contributed by atoms with E-state index >= 15 is 0 Å². The summed E-state index contributed by atoms with van der Waals surface area (Å²) in [6.45, 7) is 2.02. The van der Waals surface area contributed by atoms with E-state index in [0.29, 0.717) is 5.69 Å². The molecule has 0 aliphatic heterocycles. The summed E-state index contributed by atoms with van der Waals surface area (Å²) in [6.07, 6.45) is 0. The highest BCUT2D eigenvalue weighted by Gasteiger charge is 2.28. The molecule has 0 spiro atoms. The van der Waals surface area contributed by atoms with Crippen LogP contribution in [0, 0.1) is 6.92 Å². The highest BCUT2D eigenvalue weighted by molar-refractivity contribution is 6.21. The lowest BCUT2D eigenvalue weighted by molar-refractivity contribution is 0.103. The molecule has 0 N–H and O–H groups in total. The highest BCUT2D eigenvalue weighted by atomic mass is 16.1. The number of nitrogens with zero attached hydrogens (tertiary/aromatic N) is 1. The predicted molar refractivity (Wildman–Crippen MR) is 75.3 cm³/mol. The normalized spacial score (nSPS) is 12.6. The summed E-state index contributed by atoms with van der Waals surface area (Å²) in [5, 5.41) is 1.09. The smallest absolute Gasteiger partial charge is 0.212 e. The monoisotopic (exact) mass is 245 g/mol. The molecule has 90 valence electrons. The minimum Gasteiger partial charge on any atom is -0.287 e. The Kier molecular flexibility index (Phi) is 1.93. The van der Waals surface area contributed by atoms with Crippen LogP contribution in [0.2, 0.25) is 0 Å². The van der Waals surface area contributed by atoms with E-state index < -0.39 is 0 Å². The molecule has 2 nitrogen and oxygen atoms in total. The van der Waals surface area contributed by atoms with Gasteiger partial charge in [0, 0.05) is 16.5 Å². The number of carbonyl (C=O) groups is 1. The van der Waals surface area contributed by atoms with Gasteiger partial charge in [-0.3, -0.25) is 4.79 Å². The number of para-hydroxylation sites is 1. The summed E-state index contributed by atoms with van der Waals surface area (Å²) in [5.74, 6) is 0.0377. The number of ketones is 1. The Labute approximate surface area is 110 Å². The topological polar surface area (TPSA) is 30.0 Å². The first-order valence-corrected chi connectivity index (χ1v) is 6.30. The molecule has 4 rings (SSSR count). The minimum atomic E-state index is 0.0377. The zero-order chi connectivity index (χ0) is 13.0. The van der Waals surface area contributed by atoms with Crippen LogP contribution in [0.15, 0.2) is 48.5 Å². The zero-order valence-electron chi connectivity index (χ0n) is 10.5. The van der Waals surface area contributed by atoms with Gasteiger partial charge in [0.15, 0.2) is 0 Å². The molecule has 0 saturated heterocycles. The molecule has 3 aromatic rings. The largest absolute Gasteiger partial charge is 0.287 e. The maximum Gasteiger partial charge on any atom is 0.212 e. The van der Waals surface area contributed by atoms with Crippen LogP contribution >= 0.6 is 0 Å². The molecule has 0 bridgehead atoms. The Hall–Kier alpha value is -2.48. The van der Waals surface area contributed by atoms with Gasteiger partial charge < -0.3 is 0 Å². The quantitative estimate of drug-likeness (QED) is 0.472. The molecule has 2 aromatic carbocycles. The second-order valence-corrected chi connectivity index (χ2v) is 4.91. The summed E-state index contributed by atoms with van der Waals surface area (Å²) >= 11 is 0. The lowest BCUT2D eigenvalue weighted by Gasteiger charge is -2.04. The van der Waals surface area contributed by atoms with Gasteiger partial charge >= 0.3 is 0 Å². The Bertz CT molecular complexity index is 849.